The molecular formula is C20H14N2O5S. The molecule has 5 rings (SSSR count). The largest absolute Gasteiger partial charge is 0.485 e. The molecule has 7 nitrogen and oxygen atoms in total. The Labute approximate surface area is 163 Å². The molecule has 2 aromatic carbocycles. The molecule has 0 aliphatic carbocycles. The molecule has 28 heavy (non-hydrogen) atoms. The fourth-order valence-corrected chi connectivity index (χ4v) is 4.14. The van der Waals surface area contributed by atoms with Crippen molar-refractivity contribution in [2.45, 2.75) is 12.6 Å². The summed E-state index contributed by atoms with van der Waals surface area (Å²) in [4.78, 5) is 17.5. The number of terminal acetylenes is 1. The molecule has 2 aliphatic rings. The zero-order valence-corrected chi connectivity index (χ0v) is 15.4. The lowest BCUT2D eigenvalue weighted by molar-refractivity contribution is -0.127. The lowest BCUT2D eigenvalue weighted by Gasteiger charge is -2.23. The van der Waals surface area contributed by atoms with E-state index < -0.39 is 12.0 Å². The minimum atomic E-state index is -0.809. The van der Waals surface area contributed by atoms with Gasteiger partial charge in [-0.05, 0) is 12.1 Å². The van der Waals surface area contributed by atoms with Gasteiger partial charge in [-0.15, -0.1) is 6.42 Å². The lowest BCUT2D eigenvalue weighted by Crippen LogP contribution is -2.36. The Kier molecular flexibility index (Phi) is 3.95. The van der Waals surface area contributed by atoms with Crippen LogP contribution in [0.2, 0.25) is 0 Å². The summed E-state index contributed by atoms with van der Waals surface area (Å²) in [5.41, 5.74) is 0.838. The number of carbonyl (C=O) groups is 1. The van der Waals surface area contributed by atoms with E-state index in [9.17, 15) is 4.79 Å². The summed E-state index contributed by atoms with van der Waals surface area (Å²) in [5, 5.41) is 0. The number of hydrogen-bond acceptors (Lipinski definition) is 6. The van der Waals surface area contributed by atoms with Gasteiger partial charge in [0, 0.05) is 12.1 Å². The van der Waals surface area contributed by atoms with E-state index in [2.05, 4.69) is 10.9 Å². The molecule has 0 N–H and O–H groups in total. The van der Waals surface area contributed by atoms with Gasteiger partial charge in [0.15, 0.2) is 27.8 Å². The molecular weight excluding hydrogens is 380 g/mol. The smallest absolute Gasteiger partial charge is 0.292 e. The van der Waals surface area contributed by atoms with E-state index in [1.807, 2.05) is 24.3 Å². The Morgan fingerprint density at radius 1 is 1.18 bits per heavy atom. The maximum absolute atomic E-state index is 12.7. The van der Waals surface area contributed by atoms with E-state index in [0.29, 0.717) is 27.8 Å². The van der Waals surface area contributed by atoms with Crippen molar-refractivity contribution in [3.8, 4) is 35.3 Å². The van der Waals surface area contributed by atoms with Crippen LogP contribution >= 0.6 is 11.3 Å². The van der Waals surface area contributed by atoms with Crippen LogP contribution < -0.4 is 23.7 Å². The molecule has 1 unspecified atom stereocenters. The van der Waals surface area contributed by atoms with Crippen molar-refractivity contribution in [3.05, 3.63) is 41.2 Å². The molecule has 0 fully saturated rings. The molecule has 3 heterocycles. The third kappa shape index (κ3) is 2.77. The molecule has 3 aromatic rings. The van der Waals surface area contributed by atoms with E-state index >= 15 is 0 Å². The highest BCUT2D eigenvalue weighted by Crippen LogP contribution is 2.37. The third-order valence-electron chi connectivity index (χ3n) is 4.42. The molecule has 8 heteroatoms. The Hall–Kier alpha value is -3.44. The van der Waals surface area contributed by atoms with Crippen molar-refractivity contribution < 1.29 is 23.7 Å². The third-order valence-corrected chi connectivity index (χ3v) is 5.46. The summed E-state index contributed by atoms with van der Waals surface area (Å²) in [5.74, 6) is 4.64. The first-order chi connectivity index (χ1) is 13.7. The van der Waals surface area contributed by atoms with Crippen molar-refractivity contribution in [2.24, 2.45) is 4.99 Å². The monoisotopic (exact) mass is 394 g/mol. The first kappa shape index (κ1) is 16.7. The van der Waals surface area contributed by atoms with Gasteiger partial charge in [-0.3, -0.25) is 4.79 Å². The number of fused-ring (bicyclic) bond motifs is 3. The zero-order valence-electron chi connectivity index (χ0n) is 14.6. The maximum atomic E-state index is 12.7. The van der Waals surface area contributed by atoms with Crippen LogP contribution in [0.5, 0.6) is 23.0 Å². The summed E-state index contributed by atoms with van der Waals surface area (Å²) in [7, 11) is 0. The molecule has 0 spiro atoms. The van der Waals surface area contributed by atoms with Gasteiger partial charge in [0.25, 0.3) is 5.91 Å². The van der Waals surface area contributed by atoms with Crippen LogP contribution in [0, 0.1) is 12.3 Å². The summed E-state index contributed by atoms with van der Waals surface area (Å²) >= 11 is 1.36. The number of ether oxygens (including phenoxy) is 4. The van der Waals surface area contributed by atoms with Gasteiger partial charge in [0.1, 0.15) is 6.61 Å². The quantitative estimate of drug-likeness (QED) is 0.624. The Morgan fingerprint density at radius 2 is 1.96 bits per heavy atom. The average Bonchev–Trinajstić information content (AvgIpc) is 3.30. The molecule has 0 radical (unpaired) electrons. The van der Waals surface area contributed by atoms with Gasteiger partial charge in [-0.1, -0.05) is 29.4 Å². The molecule has 0 bridgehead atoms. The highest BCUT2D eigenvalue weighted by Gasteiger charge is 2.27. The fraction of sp³-hybridized carbons (Fsp3) is 0.200. The molecule has 2 aliphatic heterocycles. The minimum Gasteiger partial charge on any atom is -0.485 e. The van der Waals surface area contributed by atoms with E-state index in [-0.39, 0.29) is 19.9 Å². The highest BCUT2D eigenvalue weighted by molar-refractivity contribution is 7.16. The minimum absolute atomic E-state index is 0.107. The van der Waals surface area contributed by atoms with Crippen molar-refractivity contribution in [1.29, 1.82) is 0 Å². The number of amides is 1. The van der Waals surface area contributed by atoms with Gasteiger partial charge in [0.05, 0.1) is 16.8 Å². The van der Waals surface area contributed by atoms with E-state index in [1.54, 1.807) is 16.7 Å². The number of para-hydroxylation sites is 2. The number of hydrogen-bond donors (Lipinski definition) is 0. The van der Waals surface area contributed by atoms with Gasteiger partial charge in [0.2, 0.25) is 12.9 Å². The predicted molar refractivity (Wildman–Crippen MR) is 102 cm³/mol. The van der Waals surface area contributed by atoms with Crippen LogP contribution in [0.15, 0.2) is 41.4 Å². The second-order valence-electron chi connectivity index (χ2n) is 6.16. The van der Waals surface area contributed by atoms with Crippen molar-refractivity contribution >= 4 is 27.5 Å². The highest BCUT2D eigenvalue weighted by atomic mass is 32.1. The number of nitrogens with zero attached hydrogens (tertiary/aromatic N) is 2. The lowest BCUT2D eigenvalue weighted by atomic mass is 10.2. The van der Waals surface area contributed by atoms with Crippen LogP contribution in [0.3, 0.4) is 0 Å². The van der Waals surface area contributed by atoms with Crippen molar-refractivity contribution in [1.82, 2.24) is 4.57 Å². The summed E-state index contributed by atoms with van der Waals surface area (Å²) < 4.78 is 24.9. The first-order valence-corrected chi connectivity index (χ1v) is 9.38. The molecule has 1 amide bonds. The van der Waals surface area contributed by atoms with E-state index in [0.717, 1.165) is 10.2 Å². The van der Waals surface area contributed by atoms with Crippen LogP contribution in [0.25, 0.3) is 10.2 Å². The SMILES string of the molecule is C#CCn1c(=NC(=O)C2COc3ccccc3O2)sc2cc3c(cc21)OCO3. The number of thiazole rings is 1. The first-order valence-electron chi connectivity index (χ1n) is 8.56. The maximum Gasteiger partial charge on any atom is 0.292 e. The van der Waals surface area contributed by atoms with Crippen LogP contribution in [-0.2, 0) is 11.3 Å². The average molecular weight is 394 g/mol. The fourth-order valence-electron chi connectivity index (χ4n) is 3.10. The summed E-state index contributed by atoms with van der Waals surface area (Å²) in [6.45, 7) is 0.573. The molecule has 1 atom stereocenters. The molecule has 0 saturated carbocycles. The molecule has 0 saturated heterocycles. The molecule has 140 valence electrons. The predicted octanol–water partition coefficient (Wildman–Crippen LogP) is 2.33. The summed E-state index contributed by atoms with van der Waals surface area (Å²) in [6, 6.07) is 10.9. The Bertz CT molecular complexity index is 1200. The van der Waals surface area contributed by atoms with Gasteiger partial charge in [-0.2, -0.15) is 4.99 Å². The van der Waals surface area contributed by atoms with Crippen LogP contribution in [0.4, 0.5) is 0 Å². The number of rotatable bonds is 2. The second kappa shape index (κ2) is 6.62. The van der Waals surface area contributed by atoms with Gasteiger partial charge < -0.3 is 23.5 Å². The van der Waals surface area contributed by atoms with Gasteiger partial charge in [-0.25, -0.2) is 0 Å². The second-order valence-corrected chi connectivity index (χ2v) is 7.17. The normalized spacial score (nSPS) is 17.5. The number of aromatic nitrogens is 1. The standard InChI is InChI=1S/C20H14N2O5S/c1-2-7-22-12-8-15-16(26-11-25-15)9-18(12)28-20(22)21-19(23)17-10-24-13-5-3-4-6-14(13)27-17/h1,3-6,8-9,17H,7,10-11H2. The molecule has 1 aromatic heterocycles. The van der Waals surface area contributed by atoms with Crippen molar-refractivity contribution in [3.63, 3.8) is 0 Å². The van der Waals surface area contributed by atoms with Crippen molar-refractivity contribution in [2.75, 3.05) is 13.4 Å². The van der Waals surface area contributed by atoms with E-state index in [4.69, 9.17) is 25.4 Å². The Morgan fingerprint density at radius 3 is 2.79 bits per heavy atom. The number of benzene rings is 2. The topological polar surface area (TPSA) is 71.3 Å². The van der Waals surface area contributed by atoms with Crippen LogP contribution in [-0.4, -0.2) is 30.0 Å². The summed E-state index contributed by atoms with van der Waals surface area (Å²) in [6.07, 6.45) is 4.72. The van der Waals surface area contributed by atoms with Crippen LogP contribution in [0.1, 0.15) is 0 Å². The van der Waals surface area contributed by atoms with Gasteiger partial charge >= 0.3 is 0 Å². The number of carbonyl (C=O) groups excluding carboxylic acids is 1. The Balaban J connectivity index is 1.53. The van der Waals surface area contributed by atoms with E-state index in [1.165, 1.54) is 11.3 Å². The zero-order chi connectivity index (χ0) is 19.1.